The van der Waals surface area contributed by atoms with Crippen molar-refractivity contribution in [2.24, 2.45) is 5.10 Å². The standard InChI is InChI=1S/C22H17FN2O/c23-18-12-6-4-10-16(18)22-25-20(17-11-5-7-13-21(17)26-22)14-19(24-25)15-8-2-1-3-9-15/h1-13,20,22H,14H2/t20-,22-/m0/s1. The van der Waals surface area contributed by atoms with Gasteiger partial charge in [0.2, 0.25) is 6.23 Å². The van der Waals surface area contributed by atoms with Gasteiger partial charge < -0.3 is 4.74 Å². The van der Waals surface area contributed by atoms with E-state index in [9.17, 15) is 4.39 Å². The summed E-state index contributed by atoms with van der Waals surface area (Å²) in [6, 6.07) is 24.9. The van der Waals surface area contributed by atoms with E-state index in [0.717, 1.165) is 29.0 Å². The number of para-hydroxylation sites is 1. The Morgan fingerprint density at radius 3 is 2.35 bits per heavy atom. The van der Waals surface area contributed by atoms with Crippen LogP contribution in [-0.4, -0.2) is 10.7 Å². The van der Waals surface area contributed by atoms with E-state index in [-0.39, 0.29) is 11.9 Å². The Morgan fingerprint density at radius 2 is 1.54 bits per heavy atom. The molecule has 0 bridgehead atoms. The molecule has 0 radical (unpaired) electrons. The maximum absolute atomic E-state index is 14.5. The van der Waals surface area contributed by atoms with Crippen molar-refractivity contribution in [3.8, 4) is 5.75 Å². The van der Waals surface area contributed by atoms with Gasteiger partial charge in [-0.25, -0.2) is 9.40 Å². The van der Waals surface area contributed by atoms with E-state index in [2.05, 4.69) is 18.2 Å². The Balaban J connectivity index is 1.63. The first kappa shape index (κ1) is 15.1. The molecule has 0 fully saturated rings. The molecule has 2 atom stereocenters. The van der Waals surface area contributed by atoms with Gasteiger partial charge in [-0.05, 0) is 17.7 Å². The van der Waals surface area contributed by atoms with Crippen LogP contribution in [0.15, 0.2) is 84.0 Å². The number of nitrogens with zero attached hydrogens (tertiary/aromatic N) is 2. The second-order valence-electron chi connectivity index (χ2n) is 6.54. The van der Waals surface area contributed by atoms with Crippen LogP contribution in [0.25, 0.3) is 0 Å². The average Bonchev–Trinajstić information content (AvgIpc) is 3.14. The number of hydrogen-bond acceptors (Lipinski definition) is 3. The summed E-state index contributed by atoms with van der Waals surface area (Å²) < 4.78 is 20.6. The number of benzene rings is 3. The van der Waals surface area contributed by atoms with Crippen molar-refractivity contribution >= 4 is 5.71 Å². The van der Waals surface area contributed by atoms with Crippen LogP contribution in [-0.2, 0) is 0 Å². The zero-order valence-electron chi connectivity index (χ0n) is 14.0. The number of hydrogen-bond donors (Lipinski definition) is 0. The van der Waals surface area contributed by atoms with Gasteiger partial charge in [-0.1, -0.05) is 66.7 Å². The maximum atomic E-state index is 14.5. The summed E-state index contributed by atoms with van der Waals surface area (Å²) in [5, 5.41) is 6.74. The highest BCUT2D eigenvalue weighted by Gasteiger charge is 2.41. The maximum Gasteiger partial charge on any atom is 0.216 e. The highest BCUT2D eigenvalue weighted by atomic mass is 19.1. The monoisotopic (exact) mass is 344 g/mol. The first-order chi connectivity index (χ1) is 12.8. The van der Waals surface area contributed by atoms with Crippen LogP contribution in [0.5, 0.6) is 5.75 Å². The van der Waals surface area contributed by atoms with Crippen molar-refractivity contribution < 1.29 is 9.13 Å². The zero-order valence-corrected chi connectivity index (χ0v) is 14.0. The van der Waals surface area contributed by atoms with Gasteiger partial charge in [-0.3, -0.25) is 0 Å². The van der Waals surface area contributed by atoms with Gasteiger partial charge in [0, 0.05) is 12.0 Å². The van der Waals surface area contributed by atoms with E-state index >= 15 is 0 Å². The molecule has 2 aliphatic heterocycles. The molecule has 0 spiro atoms. The van der Waals surface area contributed by atoms with E-state index in [1.54, 1.807) is 12.1 Å². The summed E-state index contributed by atoms with van der Waals surface area (Å²) in [4.78, 5) is 0. The minimum Gasteiger partial charge on any atom is -0.464 e. The summed E-state index contributed by atoms with van der Waals surface area (Å²) >= 11 is 0. The Labute approximate surface area is 151 Å². The third-order valence-electron chi connectivity index (χ3n) is 4.98. The fraction of sp³-hybridized carbons (Fsp3) is 0.136. The first-order valence-electron chi connectivity index (χ1n) is 8.72. The number of fused-ring (bicyclic) bond motifs is 3. The molecule has 26 heavy (non-hydrogen) atoms. The molecule has 0 N–H and O–H groups in total. The third-order valence-corrected chi connectivity index (χ3v) is 4.98. The molecule has 5 rings (SSSR count). The summed E-state index contributed by atoms with van der Waals surface area (Å²) in [5.74, 6) is 0.519. The summed E-state index contributed by atoms with van der Waals surface area (Å²) in [6.45, 7) is 0. The molecule has 3 aromatic rings. The molecule has 2 aliphatic rings. The van der Waals surface area contributed by atoms with Gasteiger partial charge >= 0.3 is 0 Å². The van der Waals surface area contributed by atoms with Crippen molar-refractivity contribution in [1.82, 2.24) is 5.01 Å². The Bertz CT molecular complexity index is 986. The van der Waals surface area contributed by atoms with Gasteiger partial charge in [0.25, 0.3) is 0 Å². The summed E-state index contributed by atoms with van der Waals surface area (Å²) in [6.07, 6.45) is 0.201. The van der Waals surface area contributed by atoms with Gasteiger partial charge in [-0.15, -0.1) is 0 Å². The number of halogens is 1. The third kappa shape index (κ3) is 2.37. The van der Waals surface area contributed by atoms with Crippen LogP contribution in [0.1, 0.15) is 35.4 Å². The lowest BCUT2D eigenvalue weighted by atomic mass is 9.96. The molecule has 4 heteroatoms. The van der Waals surface area contributed by atoms with Crippen molar-refractivity contribution in [3.05, 3.63) is 101 Å². The quantitative estimate of drug-likeness (QED) is 0.648. The Morgan fingerprint density at radius 1 is 0.846 bits per heavy atom. The molecular formula is C22H17FN2O. The molecule has 0 saturated carbocycles. The topological polar surface area (TPSA) is 24.8 Å². The predicted octanol–water partition coefficient (Wildman–Crippen LogP) is 5.07. The minimum atomic E-state index is -0.572. The van der Waals surface area contributed by atoms with Gasteiger partial charge in [0.15, 0.2) is 0 Å². The fourth-order valence-electron chi connectivity index (χ4n) is 3.72. The van der Waals surface area contributed by atoms with Crippen molar-refractivity contribution in [3.63, 3.8) is 0 Å². The van der Waals surface area contributed by atoms with E-state index in [4.69, 9.17) is 9.84 Å². The van der Waals surface area contributed by atoms with Crippen LogP contribution in [0, 0.1) is 5.82 Å². The molecular weight excluding hydrogens is 327 g/mol. The average molecular weight is 344 g/mol. The second kappa shape index (κ2) is 5.99. The molecule has 3 aromatic carbocycles. The Kier molecular flexibility index (Phi) is 3.49. The lowest BCUT2D eigenvalue weighted by Gasteiger charge is -2.38. The Hall–Kier alpha value is -3.14. The van der Waals surface area contributed by atoms with Crippen LogP contribution in [0.3, 0.4) is 0 Å². The number of ether oxygens (including phenoxy) is 1. The zero-order chi connectivity index (χ0) is 17.5. The molecule has 0 amide bonds. The van der Waals surface area contributed by atoms with Crippen LogP contribution >= 0.6 is 0 Å². The first-order valence-corrected chi connectivity index (χ1v) is 8.72. The van der Waals surface area contributed by atoms with Crippen LogP contribution in [0.4, 0.5) is 4.39 Å². The predicted molar refractivity (Wildman–Crippen MR) is 98.4 cm³/mol. The molecule has 0 aliphatic carbocycles. The fourth-order valence-corrected chi connectivity index (χ4v) is 3.72. The molecule has 0 unspecified atom stereocenters. The normalized spacial score (nSPS) is 20.8. The second-order valence-corrected chi connectivity index (χ2v) is 6.54. The smallest absolute Gasteiger partial charge is 0.216 e. The van der Waals surface area contributed by atoms with E-state index in [0.29, 0.717) is 5.56 Å². The molecule has 2 heterocycles. The van der Waals surface area contributed by atoms with Crippen LogP contribution < -0.4 is 4.74 Å². The number of hydrazone groups is 1. The lowest BCUT2D eigenvalue weighted by molar-refractivity contribution is -0.0212. The molecule has 3 nitrogen and oxygen atoms in total. The van der Waals surface area contributed by atoms with E-state index in [1.807, 2.05) is 47.5 Å². The largest absolute Gasteiger partial charge is 0.464 e. The molecule has 0 aromatic heterocycles. The lowest BCUT2D eigenvalue weighted by Crippen LogP contribution is -2.34. The highest BCUT2D eigenvalue weighted by molar-refractivity contribution is 6.01. The van der Waals surface area contributed by atoms with Gasteiger partial charge in [-0.2, -0.15) is 5.10 Å². The van der Waals surface area contributed by atoms with Gasteiger partial charge in [0.05, 0.1) is 17.3 Å². The van der Waals surface area contributed by atoms with E-state index < -0.39 is 6.23 Å². The van der Waals surface area contributed by atoms with Gasteiger partial charge in [0.1, 0.15) is 11.6 Å². The molecule has 128 valence electrons. The van der Waals surface area contributed by atoms with Crippen LogP contribution in [0.2, 0.25) is 0 Å². The summed E-state index contributed by atoms with van der Waals surface area (Å²) in [7, 11) is 0. The molecule has 0 saturated heterocycles. The SMILES string of the molecule is Fc1ccccc1[C@@H]1Oc2ccccc2[C@@H]2CC(c3ccccc3)=NN21. The van der Waals surface area contributed by atoms with E-state index in [1.165, 1.54) is 6.07 Å². The minimum absolute atomic E-state index is 0.0414. The van der Waals surface area contributed by atoms with Crippen molar-refractivity contribution in [1.29, 1.82) is 0 Å². The summed E-state index contributed by atoms with van der Waals surface area (Å²) in [5.41, 5.74) is 3.68. The highest BCUT2D eigenvalue weighted by Crippen LogP contribution is 2.47. The van der Waals surface area contributed by atoms with Crippen molar-refractivity contribution in [2.75, 3.05) is 0 Å². The van der Waals surface area contributed by atoms with Crippen molar-refractivity contribution in [2.45, 2.75) is 18.7 Å². The number of rotatable bonds is 2.